The average molecular weight is 190 g/mol. The van der Waals surface area contributed by atoms with Gasteiger partial charge in [-0.15, -0.1) is 31.1 Å². The summed E-state index contributed by atoms with van der Waals surface area (Å²) in [6.07, 6.45) is 15.0. The van der Waals surface area contributed by atoms with Crippen molar-refractivity contribution < 1.29 is 9.84 Å². The second-order valence-electron chi connectivity index (χ2n) is 3.11. The van der Waals surface area contributed by atoms with E-state index in [1.54, 1.807) is 6.92 Å². The Hall–Kier alpha value is -1.40. The molecule has 2 unspecified atom stereocenters. The van der Waals surface area contributed by atoms with Gasteiger partial charge in [-0.2, -0.15) is 0 Å². The Morgan fingerprint density at radius 2 is 1.93 bits per heavy atom. The highest BCUT2D eigenvalue weighted by molar-refractivity contribution is 5.02. The van der Waals surface area contributed by atoms with Crippen molar-refractivity contribution in [3.05, 3.63) is 0 Å². The molecule has 14 heavy (non-hydrogen) atoms. The lowest BCUT2D eigenvalue weighted by atomic mass is 9.93. The third-order valence-electron chi connectivity index (χ3n) is 1.95. The molecule has 0 saturated heterocycles. The highest BCUT2D eigenvalue weighted by atomic mass is 16.5. The molecule has 0 bridgehead atoms. The van der Waals surface area contributed by atoms with E-state index in [1.807, 2.05) is 0 Å². The summed E-state index contributed by atoms with van der Waals surface area (Å²) in [7, 11) is 0. The zero-order valence-electron chi connectivity index (χ0n) is 8.29. The Balaban J connectivity index is 4.48. The predicted molar refractivity (Wildman–Crippen MR) is 56.1 cm³/mol. The number of hydrogen-bond acceptors (Lipinski definition) is 2. The fraction of sp³-hybridized carbons (Fsp3) is 0.500. The number of terminal acetylenes is 3. The molecule has 74 valence electrons. The smallest absolute Gasteiger partial charge is 0.108 e. The fourth-order valence-corrected chi connectivity index (χ4v) is 1.00. The molecule has 0 aliphatic heterocycles. The van der Waals surface area contributed by atoms with E-state index in [0.29, 0.717) is 0 Å². The van der Waals surface area contributed by atoms with Gasteiger partial charge >= 0.3 is 0 Å². The minimum absolute atomic E-state index is 0.111. The van der Waals surface area contributed by atoms with Crippen molar-refractivity contribution in [1.29, 1.82) is 0 Å². The van der Waals surface area contributed by atoms with Crippen LogP contribution in [0.15, 0.2) is 0 Å². The van der Waals surface area contributed by atoms with Gasteiger partial charge in [-0.3, -0.25) is 0 Å². The molecule has 0 saturated carbocycles. The Morgan fingerprint density at radius 1 is 1.29 bits per heavy atom. The highest BCUT2D eigenvalue weighted by Crippen LogP contribution is 2.21. The van der Waals surface area contributed by atoms with Crippen molar-refractivity contribution in [3.63, 3.8) is 0 Å². The third-order valence-corrected chi connectivity index (χ3v) is 1.95. The van der Waals surface area contributed by atoms with E-state index < -0.39 is 11.7 Å². The van der Waals surface area contributed by atoms with Gasteiger partial charge in [0.2, 0.25) is 0 Å². The van der Waals surface area contributed by atoms with E-state index in [4.69, 9.17) is 24.0 Å². The fourth-order valence-electron chi connectivity index (χ4n) is 1.00. The summed E-state index contributed by atoms with van der Waals surface area (Å²) >= 11 is 0. The molecule has 0 heterocycles. The second kappa shape index (κ2) is 6.11. The van der Waals surface area contributed by atoms with Crippen LogP contribution in [0.5, 0.6) is 0 Å². The van der Waals surface area contributed by atoms with Crippen LogP contribution < -0.4 is 0 Å². The maximum atomic E-state index is 9.69. The van der Waals surface area contributed by atoms with Gasteiger partial charge in [-0.05, 0) is 6.92 Å². The van der Waals surface area contributed by atoms with Crippen molar-refractivity contribution >= 4 is 0 Å². The van der Waals surface area contributed by atoms with Crippen LogP contribution in [0.4, 0.5) is 0 Å². The summed E-state index contributed by atoms with van der Waals surface area (Å²) in [4.78, 5) is 0. The summed E-state index contributed by atoms with van der Waals surface area (Å²) < 4.78 is 5.31. The number of hydrogen-bond donors (Lipinski definition) is 1. The maximum Gasteiger partial charge on any atom is 0.108 e. The van der Waals surface area contributed by atoms with Crippen molar-refractivity contribution in [1.82, 2.24) is 0 Å². The molecule has 0 amide bonds. The van der Waals surface area contributed by atoms with Crippen molar-refractivity contribution in [2.75, 3.05) is 6.61 Å². The van der Waals surface area contributed by atoms with Crippen LogP contribution in [0.1, 0.15) is 19.8 Å². The van der Waals surface area contributed by atoms with E-state index in [2.05, 4.69) is 17.8 Å². The minimum Gasteiger partial charge on any atom is -0.389 e. The van der Waals surface area contributed by atoms with E-state index in [9.17, 15) is 5.11 Å². The van der Waals surface area contributed by atoms with Crippen LogP contribution in [-0.4, -0.2) is 23.4 Å². The molecule has 1 N–H and O–H groups in total. The normalized spacial score (nSPS) is 15.6. The van der Waals surface area contributed by atoms with Gasteiger partial charge in [-0.25, -0.2) is 0 Å². The Bertz CT molecular complexity index is 287. The summed E-state index contributed by atoms with van der Waals surface area (Å²) in [6.45, 7) is 1.81. The lowest BCUT2D eigenvalue weighted by Gasteiger charge is -2.31. The molecule has 0 aromatic rings. The first-order valence-corrected chi connectivity index (χ1v) is 4.23. The largest absolute Gasteiger partial charge is 0.389 e. The van der Waals surface area contributed by atoms with Crippen LogP contribution in [0.25, 0.3) is 0 Å². The topological polar surface area (TPSA) is 29.5 Å². The summed E-state index contributed by atoms with van der Waals surface area (Å²) in [5, 5.41) is 9.69. The molecular formula is C12H14O2. The van der Waals surface area contributed by atoms with Crippen LogP contribution in [-0.2, 0) is 4.74 Å². The quantitative estimate of drug-likeness (QED) is 0.650. The van der Waals surface area contributed by atoms with Gasteiger partial charge in [0, 0.05) is 12.8 Å². The first-order valence-electron chi connectivity index (χ1n) is 4.23. The van der Waals surface area contributed by atoms with E-state index in [-0.39, 0.29) is 19.4 Å². The highest BCUT2D eigenvalue weighted by Gasteiger charge is 2.32. The lowest BCUT2D eigenvalue weighted by molar-refractivity contribution is -0.0958. The van der Waals surface area contributed by atoms with Gasteiger partial charge in [-0.1, -0.05) is 5.92 Å². The second-order valence-corrected chi connectivity index (χ2v) is 3.11. The maximum absolute atomic E-state index is 9.69. The molecule has 2 atom stereocenters. The summed E-state index contributed by atoms with van der Waals surface area (Å²) in [6, 6.07) is 0. The van der Waals surface area contributed by atoms with Crippen LogP contribution in [0.2, 0.25) is 0 Å². The van der Waals surface area contributed by atoms with Crippen LogP contribution in [0, 0.1) is 37.0 Å². The number of aliphatic hydroxyl groups excluding tert-OH is 1. The molecule has 0 fully saturated rings. The molecule has 0 aliphatic carbocycles. The van der Waals surface area contributed by atoms with Crippen LogP contribution >= 0.6 is 0 Å². The summed E-state index contributed by atoms with van der Waals surface area (Å²) in [5.41, 5.74) is -0.854. The lowest BCUT2D eigenvalue weighted by Crippen LogP contribution is -2.41. The zero-order valence-corrected chi connectivity index (χ0v) is 8.29. The number of ether oxygens (including phenoxy) is 1. The molecule has 0 radical (unpaired) electrons. The van der Waals surface area contributed by atoms with Crippen molar-refractivity contribution in [3.8, 4) is 37.0 Å². The molecule has 0 aromatic carbocycles. The van der Waals surface area contributed by atoms with Crippen molar-refractivity contribution in [2.45, 2.75) is 31.5 Å². The van der Waals surface area contributed by atoms with Gasteiger partial charge in [0.15, 0.2) is 0 Å². The molecule has 0 aliphatic rings. The molecule has 0 spiro atoms. The minimum atomic E-state index is -0.854. The zero-order chi connectivity index (χ0) is 11.0. The Kier molecular flexibility index (Phi) is 5.50. The SMILES string of the molecule is C#CCOC(C)(CC#C)C(O)CC#C. The van der Waals surface area contributed by atoms with Gasteiger partial charge in [0.1, 0.15) is 12.2 Å². The molecule has 2 nitrogen and oxygen atoms in total. The van der Waals surface area contributed by atoms with Crippen LogP contribution in [0.3, 0.4) is 0 Å². The molecule has 2 heteroatoms. The van der Waals surface area contributed by atoms with E-state index in [0.717, 1.165) is 0 Å². The molecule has 0 aromatic heterocycles. The average Bonchev–Trinajstić information content (AvgIpc) is 2.15. The van der Waals surface area contributed by atoms with Gasteiger partial charge in [0.25, 0.3) is 0 Å². The third kappa shape index (κ3) is 3.55. The first-order chi connectivity index (χ1) is 6.60. The molecular weight excluding hydrogens is 176 g/mol. The number of rotatable bonds is 5. The Morgan fingerprint density at radius 3 is 2.36 bits per heavy atom. The molecule has 0 rings (SSSR count). The van der Waals surface area contributed by atoms with E-state index in [1.165, 1.54) is 0 Å². The Labute approximate surface area is 85.7 Å². The monoisotopic (exact) mass is 190 g/mol. The number of aliphatic hydroxyl groups is 1. The van der Waals surface area contributed by atoms with Gasteiger partial charge < -0.3 is 9.84 Å². The van der Waals surface area contributed by atoms with Gasteiger partial charge in [0.05, 0.1) is 6.10 Å². The predicted octanol–water partition coefficient (Wildman–Crippen LogP) is 0.802. The summed E-state index contributed by atoms with van der Waals surface area (Å²) in [5.74, 6) is 7.12. The van der Waals surface area contributed by atoms with Crippen molar-refractivity contribution in [2.24, 2.45) is 0 Å². The van der Waals surface area contributed by atoms with E-state index >= 15 is 0 Å². The first kappa shape index (κ1) is 12.6. The standard InChI is InChI=1S/C12H14O2/c1-5-8-11(13)12(4,9-6-2)14-10-7-3/h1-3,11,13H,8-10H2,4H3.